The third-order valence-electron chi connectivity index (χ3n) is 2.49. The van der Waals surface area contributed by atoms with Crippen LogP contribution in [0.4, 0.5) is 5.69 Å². The van der Waals surface area contributed by atoms with Crippen LogP contribution >= 0.6 is 11.3 Å². The van der Waals surface area contributed by atoms with E-state index in [1.54, 1.807) is 0 Å². The number of sulfonamides is 1. The van der Waals surface area contributed by atoms with E-state index in [2.05, 4.69) is 15.0 Å². The van der Waals surface area contributed by atoms with Crippen molar-refractivity contribution in [3.8, 4) is 0 Å². The second-order valence-corrected chi connectivity index (χ2v) is 7.16. The van der Waals surface area contributed by atoms with Crippen LogP contribution in [0.25, 0.3) is 0 Å². The van der Waals surface area contributed by atoms with Crippen molar-refractivity contribution >= 4 is 33.0 Å². The van der Waals surface area contributed by atoms with Gasteiger partial charge in [0.25, 0.3) is 10.0 Å². The first-order valence-electron chi connectivity index (χ1n) is 5.40. The molecular weight excluding hydrogens is 258 g/mol. The maximum absolute atomic E-state index is 11.9. The lowest BCUT2D eigenvalue weighted by molar-refractivity contribution is 0.593. The Bertz CT molecular complexity index is 560. The normalized spacial score (nSPS) is 21.5. The molecule has 17 heavy (non-hydrogen) atoms. The van der Waals surface area contributed by atoms with Crippen molar-refractivity contribution in [3.05, 3.63) is 10.9 Å². The van der Waals surface area contributed by atoms with Crippen molar-refractivity contribution in [1.82, 2.24) is 4.72 Å². The van der Waals surface area contributed by atoms with Crippen molar-refractivity contribution in [3.63, 3.8) is 0 Å². The van der Waals surface area contributed by atoms with Crippen molar-refractivity contribution in [2.75, 3.05) is 5.32 Å². The Labute approximate surface area is 105 Å². The van der Waals surface area contributed by atoms with Crippen molar-refractivity contribution in [2.45, 2.75) is 37.4 Å². The van der Waals surface area contributed by atoms with Crippen molar-refractivity contribution < 1.29 is 8.42 Å². The molecule has 1 atom stereocenters. The van der Waals surface area contributed by atoms with Gasteiger partial charge in [-0.2, -0.15) is 0 Å². The van der Waals surface area contributed by atoms with Crippen LogP contribution in [0.3, 0.4) is 0 Å². The number of guanidine groups is 1. The molecule has 0 aliphatic carbocycles. The van der Waals surface area contributed by atoms with E-state index >= 15 is 0 Å². The number of hydrogen-bond donors (Lipinski definition) is 2. The first-order chi connectivity index (χ1) is 7.92. The fourth-order valence-corrected chi connectivity index (χ4v) is 3.97. The molecule has 5 nitrogen and oxygen atoms in total. The van der Waals surface area contributed by atoms with Crippen LogP contribution in [-0.4, -0.2) is 20.4 Å². The fraction of sp³-hybridized carbons (Fsp3) is 0.500. The fourth-order valence-electron chi connectivity index (χ4n) is 1.48. The Kier molecular flexibility index (Phi) is 3.13. The van der Waals surface area contributed by atoms with E-state index in [1.165, 1.54) is 11.3 Å². The molecule has 0 fully saturated rings. The average Bonchev–Trinajstić information content (AvgIpc) is 2.58. The molecule has 7 heteroatoms. The highest BCUT2D eigenvalue weighted by Gasteiger charge is 2.28. The van der Waals surface area contributed by atoms with E-state index in [4.69, 9.17) is 0 Å². The van der Waals surface area contributed by atoms with Gasteiger partial charge in [-0.3, -0.25) is 0 Å². The molecule has 1 aliphatic rings. The van der Waals surface area contributed by atoms with Crippen LogP contribution < -0.4 is 10.0 Å². The number of aryl methyl sites for hydroxylation is 1. The summed E-state index contributed by atoms with van der Waals surface area (Å²) in [6.07, 6.45) is 0.864. The van der Waals surface area contributed by atoms with Gasteiger partial charge in [0.1, 0.15) is 0 Å². The zero-order chi connectivity index (χ0) is 12.6. The van der Waals surface area contributed by atoms with Crippen LogP contribution in [0.15, 0.2) is 15.3 Å². The minimum absolute atomic E-state index is 0.0847. The van der Waals surface area contributed by atoms with Crippen LogP contribution in [0.5, 0.6) is 0 Å². The van der Waals surface area contributed by atoms with Gasteiger partial charge in [0.2, 0.25) is 5.96 Å². The summed E-state index contributed by atoms with van der Waals surface area (Å²) in [4.78, 5) is 5.23. The predicted octanol–water partition coefficient (Wildman–Crippen LogP) is 1.91. The summed E-state index contributed by atoms with van der Waals surface area (Å²) in [5.41, 5.74) is 0.619. The molecule has 1 aliphatic heterocycles. The Morgan fingerprint density at radius 1 is 1.53 bits per heavy atom. The molecule has 0 bridgehead atoms. The average molecular weight is 273 g/mol. The summed E-state index contributed by atoms with van der Waals surface area (Å²) in [6.45, 7) is 5.83. The number of nitrogens with zero attached hydrogens (tertiary/aromatic N) is 1. The molecule has 1 aromatic rings. The molecule has 0 aromatic carbocycles. The zero-order valence-corrected chi connectivity index (χ0v) is 11.6. The largest absolute Gasteiger partial charge is 0.324 e. The number of rotatable bonds is 2. The minimum atomic E-state index is -3.45. The van der Waals surface area contributed by atoms with E-state index in [9.17, 15) is 8.42 Å². The highest BCUT2D eigenvalue weighted by molar-refractivity contribution is 7.92. The molecule has 0 spiro atoms. The predicted molar refractivity (Wildman–Crippen MR) is 70.2 cm³/mol. The van der Waals surface area contributed by atoms with Gasteiger partial charge >= 0.3 is 0 Å². The van der Waals surface area contributed by atoms with E-state index < -0.39 is 10.0 Å². The van der Waals surface area contributed by atoms with Crippen molar-refractivity contribution in [1.29, 1.82) is 0 Å². The highest BCUT2D eigenvalue weighted by atomic mass is 32.2. The van der Waals surface area contributed by atoms with Gasteiger partial charge in [0, 0.05) is 4.88 Å². The zero-order valence-electron chi connectivity index (χ0n) is 9.94. The quantitative estimate of drug-likeness (QED) is 0.864. The van der Waals surface area contributed by atoms with Gasteiger partial charge in [-0.25, -0.2) is 18.1 Å². The molecule has 0 amide bonds. The third-order valence-corrected chi connectivity index (χ3v) is 5.41. The maximum Gasteiger partial charge on any atom is 0.275 e. The second-order valence-electron chi connectivity index (χ2n) is 4.02. The summed E-state index contributed by atoms with van der Waals surface area (Å²) >= 11 is 1.26. The SMILES string of the molecule is CCC(C)N=C1Nc2cc(C)sc2S(=O)(=O)N1. The number of fused-ring (bicyclic) bond motifs is 1. The molecule has 2 N–H and O–H groups in total. The Balaban J connectivity index is 2.41. The van der Waals surface area contributed by atoms with Gasteiger partial charge < -0.3 is 5.32 Å². The van der Waals surface area contributed by atoms with Crippen LogP contribution in [0.1, 0.15) is 25.1 Å². The van der Waals surface area contributed by atoms with E-state index in [1.807, 2.05) is 26.8 Å². The van der Waals surface area contributed by atoms with Crippen molar-refractivity contribution in [2.24, 2.45) is 4.99 Å². The molecule has 0 radical (unpaired) electrons. The molecule has 2 heterocycles. The number of hydrogen-bond acceptors (Lipinski definition) is 4. The standard InChI is InChI=1S/C10H15N3O2S2/c1-4-6(2)11-10-12-8-5-7(3)16-9(8)17(14,15)13-10/h5-6H,4H2,1-3H3,(H2,11,12,13). The van der Waals surface area contributed by atoms with Crippen LogP contribution in [0.2, 0.25) is 0 Å². The van der Waals surface area contributed by atoms with E-state index in [-0.39, 0.29) is 6.04 Å². The van der Waals surface area contributed by atoms with E-state index in [0.29, 0.717) is 15.9 Å². The maximum atomic E-state index is 11.9. The highest BCUT2D eigenvalue weighted by Crippen LogP contribution is 2.33. The summed E-state index contributed by atoms with van der Waals surface area (Å²) in [5.74, 6) is 0.310. The lowest BCUT2D eigenvalue weighted by Crippen LogP contribution is -2.40. The molecule has 1 unspecified atom stereocenters. The summed E-state index contributed by atoms with van der Waals surface area (Å²) in [6, 6.07) is 1.91. The minimum Gasteiger partial charge on any atom is -0.324 e. The molecule has 1 aromatic heterocycles. The molecule has 0 saturated carbocycles. The smallest absolute Gasteiger partial charge is 0.275 e. The van der Waals surface area contributed by atoms with E-state index in [0.717, 1.165) is 11.3 Å². The van der Waals surface area contributed by atoms with Gasteiger partial charge in [-0.1, -0.05) is 6.92 Å². The molecular formula is C10H15N3O2S2. The number of nitrogens with one attached hydrogen (secondary N) is 2. The van der Waals surface area contributed by atoms with Crippen LogP contribution in [-0.2, 0) is 10.0 Å². The van der Waals surface area contributed by atoms with Gasteiger partial charge in [-0.05, 0) is 26.3 Å². The molecule has 94 valence electrons. The lowest BCUT2D eigenvalue weighted by Gasteiger charge is -2.19. The van der Waals surface area contributed by atoms with Crippen LogP contribution in [0, 0.1) is 6.92 Å². The first kappa shape index (κ1) is 12.4. The topological polar surface area (TPSA) is 70.6 Å². The Hall–Kier alpha value is -1.08. The summed E-state index contributed by atoms with van der Waals surface area (Å²) < 4.78 is 26.7. The van der Waals surface area contributed by atoms with Gasteiger partial charge in [-0.15, -0.1) is 11.3 Å². The Morgan fingerprint density at radius 3 is 2.88 bits per heavy atom. The Morgan fingerprint density at radius 2 is 2.24 bits per heavy atom. The second kappa shape index (κ2) is 4.30. The number of thiophene rings is 1. The number of aliphatic imine (C=N–C) groups is 1. The lowest BCUT2D eigenvalue weighted by atomic mass is 10.3. The first-order valence-corrected chi connectivity index (χ1v) is 7.70. The van der Waals surface area contributed by atoms with Gasteiger partial charge in [0.15, 0.2) is 4.21 Å². The monoisotopic (exact) mass is 273 g/mol. The third kappa shape index (κ3) is 2.44. The molecule has 2 rings (SSSR count). The summed E-state index contributed by atoms with van der Waals surface area (Å²) in [7, 11) is -3.45. The summed E-state index contributed by atoms with van der Waals surface area (Å²) in [5, 5.41) is 3.01. The van der Waals surface area contributed by atoms with Gasteiger partial charge in [0.05, 0.1) is 11.7 Å². The molecule has 0 saturated heterocycles. The number of anilines is 1.